The van der Waals surface area contributed by atoms with Crippen LogP contribution in [0.3, 0.4) is 0 Å². The average molecular weight is 298 g/mol. The summed E-state index contributed by atoms with van der Waals surface area (Å²) >= 11 is 0. The third-order valence-corrected chi connectivity index (χ3v) is 2.42. The molecule has 2 heteroatoms. The van der Waals surface area contributed by atoms with Gasteiger partial charge in [0.25, 0.3) is 5.91 Å². The molecule has 0 aromatic rings. The van der Waals surface area contributed by atoms with Gasteiger partial charge < -0.3 is 4.90 Å². The van der Waals surface area contributed by atoms with E-state index in [0.29, 0.717) is 0 Å². The van der Waals surface area contributed by atoms with Crippen molar-refractivity contribution in [2.24, 2.45) is 0 Å². The molecule has 0 aliphatic rings. The van der Waals surface area contributed by atoms with Crippen LogP contribution in [0.4, 0.5) is 0 Å². The number of allylic oxidation sites excluding steroid dienone is 3. The highest BCUT2D eigenvalue weighted by Crippen LogP contribution is 2.13. The van der Waals surface area contributed by atoms with E-state index in [-0.39, 0.29) is 5.91 Å². The van der Waals surface area contributed by atoms with Crippen molar-refractivity contribution in [3.63, 3.8) is 0 Å². The van der Waals surface area contributed by atoms with E-state index in [1.807, 2.05) is 80.2 Å². The normalized spacial score (nSPS) is 9.81. The van der Waals surface area contributed by atoms with E-state index in [2.05, 4.69) is 6.58 Å². The Labute approximate surface area is 134 Å². The van der Waals surface area contributed by atoms with Gasteiger partial charge in [-0.2, -0.15) is 0 Å². The van der Waals surface area contributed by atoms with Gasteiger partial charge in [-0.25, -0.2) is 0 Å². The third-order valence-electron chi connectivity index (χ3n) is 2.42. The molecule has 0 saturated heterocycles. The number of hydrogen-bond donors (Lipinski definition) is 0. The number of amides is 1. The van der Waals surface area contributed by atoms with Crippen molar-refractivity contribution in [3.8, 4) is 0 Å². The number of hydrogen-bond acceptors (Lipinski definition) is 1. The van der Waals surface area contributed by atoms with Crippen LogP contribution >= 0.6 is 0 Å². The zero-order chi connectivity index (χ0) is 17.8. The number of rotatable bonds is 5. The Hall–Kier alpha value is -1.31. The molecule has 126 valence electrons. The fourth-order valence-electron chi connectivity index (χ4n) is 1.33. The first-order valence-corrected chi connectivity index (χ1v) is 8.37. The van der Waals surface area contributed by atoms with E-state index >= 15 is 0 Å². The van der Waals surface area contributed by atoms with Gasteiger partial charge in [-0.15, -0.1) is 0 Å². The van der Waals surface area contributed by atoms with Crippen LogP contribution in [-0.4, -0.2) is 23.9 Å². The van der Waals surface area contributed by atoms with Crippen LogP contribution in [0, 0.1) is 0 Å². The van der Waals surface area contributed by atoms with Gasteiger partial charge in [0.1, 0.15) is 0 Å². The van der Waals surface area contributed by atoms with E-state index in [4.69, 9.17) is 0 Å². The lowest BCUT2D eigenvalue weighted by Gasteiger charge is -2.20. The number of carbonyl (C=O) groups excluding carboxylic acids is 1. The lowest BCUT2D eigenvalue weighted by molar-refractivity contribution is -0.126. The van der Waals surface area contributed by atoms with Crippen molar-refractivity contribution in [2.45, 2.75) is 69.2 Å². The fourth-order valence-corrected chi connectivity index (χ4v) is 1.33. The highest BCUT2D eigenvalue weighted by molar-refractivity contribution is 5.97. The van der Waals surface area contributed by atoms with Crippen LogP contribution in [0.25, 0.3) is 0 Å². The van der Waals surface area contributed by atoms with E-state index in [1.165, 1.54) is 0 Å². The van der Waals surface area contributed by atoms with E-state index in [0.717, 1.165) is 24.2 Å². The molecule has 0 aliphatic heterocycles. The predicted molar refractivity (Wildman–Crippen MR) is 99.7 cm³/mol. The maximum absolute atomic E-state index is 12.1. The van der Waals surface area contributed by atoms with E-state index in [9.17, 15) is 4.79 Å². The second-order valence-corrected chi connectivity index (χ2v) is 3.27. The Morgan fingerprint density at radius 2 is 1.38 bits per heavy atom. The SMILES string of the molecule is C=C/C=C(C(=O)N(CC)CC)\C(C)=C/C.CC.CC.CC. The van der Waals surface area contributed by atoms with Crippen molar-refractivity contribution in [2.75, 3.05) is 13.1 Å². The summed E-state index contributed by atoms with van der Waals surface area (Å²) in [6.45, 7) is 25.0. The maximum Gasteiger partial charge on any atom is 0.254 e. The quantitative estimate of drug-likeness (QED) is 0.449. The summed E-state index contributed by atoms with van der Waals surface area (Å²) in [6, 6.07) is 0. The Balaban J connectivity index is -0.000000212. The van der Waals surface area contributed by atoms with Crippen molar-refractivity contribution in [3.05, 3.63) is 36.0 Å². The molecule has 0 N–H and O–H groups in total. The minimum atomic E-state index is 0.0792. The summed E-state index contributed by atoms with van der Waals surface area (Å²) in [5.41, 5.74) is 1.73. The highest BCUT2D eigenvalue weighted by atomic mass is 16.2. The van der Waals surface area contributed by atoms with Gasteiger partial charge >= 0.3 is 0 Å². The van der Waals surface area contributed by atoms with Gasteiger partial charge in [-0.3, -0.25) is 4.79 Å². The Morgan fingerprint density at radius 1 is 1.00 bits per heavy atom. The van der Waals surface area contributed by atoms with Crippen LogP contribution in [-0.2, 0) is 4.79 Å². The molecule has 0 radical (unpaired) electrons. The standard InChI is InChI=1S/C13H21NO.3C2H6/c1-6-10-12(11(5)7-2)13(15)14(8-3)9-4;3*1-2/h6-7,10H,1,8-9H2,2-5H3;3*1-2H3/b11-7-,12-10+;;;. The smallest absolute Gasteiger partial charge is 0.254 e. The molecule has 0 spiro atoms. The third kappa shape index (κ3) is 13.4. The average Bonchev–Trinajstić information content (AvgIpc) is 2.58. The van der Waals surface area contributed by atoms with Gasteiger partial charge in [0.2, 0.25) is 0 Å². The summed E-state index contributed by atoms with van der Waals surface area (Å²) in [6.07, 6.45) is 5.37. The summed E-state index contributed by atoms with van der Waals surface area (Å²) in [5.74, 6) is 0.0792. The Bertz CT molecular complexity index is 284. The van der Waals surface area contributed by atoms with Gasteiger partial charge in [0, 0.05) is 18.7 Å². The number of carbonyl (C=O) groups is 1. The molecule has 0 heterocycles. The predicted octanol–water partition coefficient (Wildman–Crippen LogP) is 6.01. The molecule has 2 nitrogen and oxygen atoms in total. The van der Waals surface area contributed by atoms with Gasteiger partial charge in [0.15, 0.2) is 0 Å². The highest BCUT2D eigenvalue weighted by Gasteiger charge is 2.15. The largest absolute Gasteiger partial charge is 0.339 e. The molecular formula is C19H39NO. The first-order valence-electron chi connectivity index (χ1n) is 8.37. The number of likely N-dealkylation sites (N-methyl/N-ethyl adjacent to an activating group) is 1. The van der Waals surface area contributed by atoms with Crippen molar-refractivity contribution < 1.29 is 4.79 Å². The second-order valence-electron chi connectivity index (χ2n) is 3.27. The lowest BCUT2D eigenvalue weighted by atomic mass is 10.1. The van der Waals surface area contributed by atoms with Crippen molar-refractivity contribution in [1.29, 1.82) is 0 Å². The van der Waals surface area contributed by atoms with Gasteiger partial charge in [-0.1, -0.05) is 60.3 Å². The molecule has 0 unspecified atom stereocenters. The summed E-state index contributed by atoms with van der Waals surface area (Å²) in [5, 5.41) is 0. The molecular weight excluding hydrogens is 258 g/mol. The van der Waals surface area contributed by atoms with Crippen LogP contribution in [0.15, 0.2) is 36.0 Å². The molecule has 0 rings (SSSR count). The summed E-state index contributed by atoms with van der Waals surface area (Å²) < 4.78 is 0. The van der Waals surface area contributed by atoms with E-state index < -0.39 is 0 Å². The summed E-state index contributed by atoms with van der Waals surface area (Å²) in [4.78, 5) is 13.9. The number of nitrogens with zero attached hydrogens (tertiary/aromatic N) is 1. The van der Waals surface area contributed by atoms with Crippen LogP contribution in [0.5, 0.6) is 0 Å². The zero-order valence-electron chi connectivity index (χ0n) is 16.2. The molecule has 1 amide bonds. The van der Waals surface area contributed by atoms with E-state index in [1.54, 1.807) is 12.2 Å². The monoisotopic (exact) mass is 297 g/mol. The second kappa shape index (κ2) is 23.8. The molecule has 0 aromatic carbocycles. The van der Waals surface area contributed by atoms with Gasteiger partial charge in [-0.05, 0) is 39.3 Å². The molecule has 0 aliphatic carbocycles. The van der Waals surface area contributed by atoms with Crippen molar-refractivity contribution >= 4 is 5.91 Å². The Morgan fingerprint density at radius 3 is 1.62 bits per heavy atom. The Kier molecular flexibility index (Phi) is 31.6. The first-order chi connectivity index (χ1) is 10.1. The zero-order valence-corrected chi connectivity index (χ0v) is 16.2. The minimum Gasteiger partial charge on any atom is -0.339 e. The van der Waals surface area contributed by atoms with Crippen molar-refractivity contribution in [1.82, 2.24) is 4.90 Å². The molecule has 0 aromatic heterocycles. The molecule has 21 heavy (non-hydrogen) atoms. The molecule has 0 bridgehead atoms. The maximum atomic E-state index is 12.1. The molecule has 0 atom stereocenters. The lowest BCUT2D eigenvalue weighted by Crippen LogP contribution is -2.32. The first kappa shape index (κ1) is 27.9. The minimum absolute atomic E-state index is 0.0792. The van der Waals surface area contributed by atoms with Crippen LogP contribution < -0.4 is 0 Å². The molecule has 0 saturated carbocycles. The van der Waals surface area contributed by atoms with Crippen LogP contribution in [0.1, 0.15) is 69.2 Å². The van der Waals surface area contributed by atoms with Gasteiger partial charge in [0.05, 0.1) is 0 Å². The molecule has 0 fully saturated rings. The fraction of sp³-hybridized carbons (Fsp3) is 0.632. The topological polar surface area (TPSA) is 20.3 Å². The van der Waals surface area contributed by atoms with Crippen LogP contribution in [0.2, 0.25) is 0 Å². The summed E-state index contributed by atoms with van der Waals surface area (Å²) in [7, 11) is 0.